The van der Waals surface area contributed by atoms with Crippen LogP contribution in [0.15, 0.2) is 54.6 Å². The van der Waals surface area contributed by atoms with Crippen LogP contribution in [0.25, 0.3) is 0 Å². The van der Waals surface area contributed by atoms with E-state index >= 15 is 0 Å². The van der Waals surface area contributed by atoms with Gasteiger partial charge in [-0.25, -0.2) is 9.59 Å². The zero-order valence-corrected chi connectivity index (χ0v) is 22.6. The van der Waals surface area contributed by atoms with E-state index in [1.165, 1.54) is 0 Å². The van der Waals surface area contributed by atoms with Gasteiger partial charge in [0.25, 0.3) is 0 Å². The third kappa shape index (κ3) is 10.4. The molecule has 0 fully saturated rings. The second-order valence-electron chi connectivity index (χ2n) is 10.9. The smallest absolute Gasteiger partial charge is 0.408 e. The molecule has 2 aromatic rings. The average molecular weight is 513 g/mol. The largest absolute Gasteiger partial charge is 0.445 e. The Morgan fingerprint density at radius 3 is 2.16 bits per heavy atom. The number of rotatable bonds is 10. The van der Waals surface area contributed by atoms with Gasteiger partial charge in [-0.3, -0.25) is 4.79 Å². The molecular formula is C28H40N4O5. The summed E-state index contributed by atoms with van der Waals surface area (Å²) in [5.41, 5.74) is 6.39. The number of para-hydroxylation sites is 2. The predicted octanol–water partition coefficient (Wildman–Crippen LogP) is 5.08. The van der Waals surface area contributed by atoms with Crippen LogP contribution in [0.3, 0.4) is 0 Å². The highest BCUT2D eigenvalue weighted by Gasteiger charge is 2.38. The molecule has 9 heteroatoms. The highest BCUT2D eigenvalue weighted by molar-refractivity contribution is 5.99. The van der Waals surface area contributed by atoms with E-state index in [0.717, 1.165) is 5.56 Å². The van der Waals surface area contributed by atoms with Crippen LogP contribution in [-0.4, -0.2) is 36.3 Å². The maximum absolute atomic E-state index is 13.4. The van der Waals surface area contributed by atoms with Crippen molar-refractivity contribution in [2.24, 2.45) is 11.3 Å². The summed E-state index contributed by atoms with van der Waals surface area (Å²) in [6.45, 7) is 11.5. The standard InChI is InChI=1S/C28H40N4O5/c1-19(17-30-25(34)37-27(2,3)4)16-28(5,6)23(24(33)31-22-15-11-10-14-21(22)29)32-26(35)36-18-20-12-8-7-9-13-20/h7-15,19,23H,16-18,29H2,1-6H3,(H,30,34)(H,31,33)(H,32,35)/t19?,23-/m1/s1. The molecule has 9 nitrogen and oxygen atoms in total. The maximum Gasteiger partial charge on any atom is 0.408 e. The van der Waals surface area contributed by atoms with Crippen molar-refractivity contribution in [1.29, 1.82) is 0 Å². The van der Waals surface area contributed by atoms with Gasteiger partial charge in [0.1, 0.15) is 18.2 Å². The Bertz CT molecular complexity index is 1050. The number of ether oxygens (including phenoxy) is 2. The normalized spacial score (nSPS) is 13.1. The first kappa shape index (κ1) is 29.5. The van der Waals surface area contributed by atoms with Gasteiger partial charge in [0.15, 0.2) is 0 Å². The summed E-state index contributed by atoms with van der Waals surface area (Å²) in [5, 5.41) is 8.33. The number of anilines is 2. The lowest BCUT2D eigenvalue weighted by atomic mass is 9.76. The summed E-state index contributed by atoms with van der Waals surface area (Å²) in [6, 6.07) is 15.2. The van der Waals surface area contributed by atoms with E-state index in [1.54, 1.807) is 45.0 Å². The lowest BCUT2D eigenvalue weighted by Gasteiger charge is -2.35. The molecule has 202 valence electrons. The van der Waals surface area contributed by atoms with E-state index in [-0.39, 0.29) is 12.5 Å². The second-order valence-corrected chi connectivity index (χ2v) is 10.9. The molecule has 37 heavy (non-hydrogen) atoms. The lowest BCUT2D eigenvalue weighted by molar-refractivity contribution is -0.121. The van der Waals surface area contributed by atoms with Crippen LogP contribution in [-0.2, 0) is 20.9 Å². The summed E-state index contributed by atoms with van der Waals surface area (Å²) in [5.74, 6) is -0.450. The number of nitrogen functional groups attached to an aromatic ring is 1. The molecule has 0 aliphatic rings. The van der Waals surface area contributed by atoms with Gasteiger partial charge in [-0.05, 0) is 56.2 Å². The van der Waals surface area contributed by atoms with E-state index in [4.69, 9.17) is 15.2 Å². The zero-order chi connectivity index (χ0) is 27.6. The van der Waals surface area contributed by atoms with Gasteiger partial charge >= 0.3 is 12.2 Å². The van der Waals surface area contributed by atoms with Gasteiger partial charge in [0, 0.05) is 6.54 Å². The summed E-state index contributed by atoms with van der Waals surface area (Å²) in [4.78, 5) is 38.2. The number of hydrogen-bond acceptors (Lipinski definition) is 6. The Morgan fingerprint density at radius 1 is 0.919 bits per heavy atom. The van der Waals surface area contributed by atoms with E-state index in [2.05, 4.69) is 16.0 Å². The molecule has 0 aliphatic heterocycles. The molecule has 0 heterocycles. The highest BCUT2D eigenvalue weighted by atomic mass is 16.6. The van der Waals surface area contributed by atoms with Crippen LogP contribution in [0, 0.1) is 11.3 Å². The molecule has 0 aliphatic carbocycles. The monoisotopic (exact) mass is 512 g/mol. The van der Waals surface area contributed by atoms with Crippen molar-refractivity contribution in [2.45, 2.75) is 66.2 Å². The highest BCUT2D eigenvalue weighted by Crippen LogP contribution is 2.31. The Morgan fingerprint density at radius 2 is 1.54 bits per heavy atom. The fourth-order valence-electron chi connectivity index (χ4n) is 3.97. The molecule has 0 bridgehead atoms. The predicted molar refractivity (Wildman–Crippen MR) is 145 cm³/mol. The Kier molecular flexibility index (Phi) is 10.3. The summed E-state index contributed by atoms with van der Waals surface area (Å²) >= 11 is 0. The van der Waals surface area contributed by atoms with Gasteiger partial charge in [0.2, 0.25) is 5.91 Å². The molecule has 1 unspecified atom stereocenters. The van der Waals surface area contributed by atoms with Crippen LogP contribution < -0.4 is 21.7 Å². The maximum atomic E-state index is 13.4. The molecule has 2 atom stereocenters. The number of amides is 3. The van der Waals surface area contributed by atoms with Gasteiger partial charge < -0.3 is 31.2 Å². The summed E-state index contributed by atoms with van der Waals surface area (Å²) in [7, 11) is 0. The fourth-order valence-corrected chi connectivity index (χ4v) is 3.97. The minimum absolute atomic E-state index is 0.0262. The Balaban J connectivity index is 2.11. The molecule has 0 aromatic heterocycles. The third-order valence-corrected chi connectivity index (χ3v) is 5.61. The number of benzene rings is 2. The number of alkyl carbamates (subject to hydrolysis) is 2. The van der Waals surface area contributed by atoms with Crippen LogP contribution in [0.5, 0.6) is 0 Å². The van der Waals surface area contributed by atoms with Crippen molar-refractivity contribution in [1.82, 2.24) is 10.6 Å². The number of nitrogens with two attached hydrogens (primary N) is 1. The van der Waals surface area contributed by atoms with Crippen LogP contribution in [0.1, 0.15) is 53.5 Å². The topological polar surface area (TPSA) is 132 Å². The number of nitrogens with one attached hydrogen (secondary N) is 3. The van der Waals surface area contributed by atoms with E-state index in [1.807, 2.05) is 51.1 Å². The zero-order valence-electron chi connectivity index (χ0n) is 22.6. The summed E-state index contributed by atoms with van der Waals surface area (Å²) < 4.78 is 10.7. The van der Waals surface area contributed by atoms with E-state index in [9.17, 15) is 14.4 Å². The average Bonchev–Trinajstić information content (AvgIpc) is 2.80. The van der Waals surface area contributed by atoms with Gasteiger partial charge in [-0.15, -0.1) is 0 Å². The van der Waals surface area contributed by atoms with Crippen molar-refractivity contribution >= 4 is 29.5 Å². The SMILES string of the molecule is CC(CNC(=O)OC(C)(C)C)CC(C)(C)[C@H](NC(=O)OCc1ccccc1)C(=O)Nc1ccccc1N. The quantitative estimate of drug-likeness (QED) is 0.328. The van der Waals surface area contributed by atoms with Gasteiger partial charge in [-0.2, -0.15) is 0 Å². The Labute approximate surface area is 219 Å². The molecule has 3 amide bonds. The van der Waals surface area contributed by atoms with Crippen molar-refractivity contribution in [2.75, 3.05) is 17.6 Å². The molecule has 0 radical (unpaired) electrons. The molecular weight excluding hydrogens is 472 g/mol. The number of hydrogen-bond donors (Lipinski definition) is 4. The number of carbonyl (C=O) groups excluding carboxylic acids is 3. The third-order valence-electron chi connectivity index (χ3n) is 5.61. The van der Waals surface area contributed by atoms with Crippen molar-refractivity contribution < 1.29 is 23.9 Å². The molecule has 2 aromatic carbocycles. The molecule has 0 saturated carbocycles. The number of carbonyl (C=O) groups is 3. The minimum Gasteiger partial charge on any atom is -0.445 e. The van der Waals surface area contributed by atoms with Crippen LogP contribution in [0.2, 0.25) is 0 Å². The minimum atomic E-state index is -0.945. The first-order chi connectivity index (χ1) is 17.3. The lowest BCUT2D eigenvalue weighted by Crippen LogP contribution is -2.53. The van der Waals surface area contributed by atoms with Crippen LogP contribution in [0.4, 0.5) is 21.0 Å². The fraction of sp³-hybridized carbons (Fsp3) is 0.464. The van der Waals surface area contributed by atoms with E-state index < -0.39 is 35.2 Å². The van der Waals surface area contributed by atoms with Gasteiger partial charge in [-0.1, -0.05) is 63.2 Å². The van der Waals surface area contributed by atoms with Gasteiger partial charge in [0.05, 0.1) is 11.4 Å². The summed E-state index contributed by atoms with van der Waals surface area (Å²) in [6.07, 6.45) is -0.712. The molecule has 0 spiro atoms. The molecule has 2 rings (SSSR count). The first-order valence-electron chi connectivity index (χ1n) is 12.4. The van der Waals surface area contributed by atoms with E-state index in [0.29, 0.717) is 24.3 Å². The molecule has 5 N–H and O–H groups in total. The Hall–Kier alpha value is -3.75. The van der Waals surface area contributed by atoms with Crippen molar-refractivity contribution in [3.05, 3.63) is 60.2 Å². The van der Waals surface area contributed by atoms with Crippen molar-refractivity contribution in [3.8, 4) is 0 Å². The molecule has 0 saturated heterocycles. The second kappa shape index (κ2) is 13.0. The van der Waals surface area contributed by atoms with Crippen molar-refractivity contribution in [3.63, 3.8) is 0 Å². The van der Waals surface area contributed by atoms with Crippen LogP contribution >= 0.6 is 0 Å². The first-order valence-corrected chi connectivity index (χ1v) is 12.4.